The summed E-state index contributed by atoms with van der Waals surface area (Å²) in [5.74, 6) is -0.311. The number of nitrogens with zero attached hydrogens (tertiary/aromatic N) is 3. The standard InChI is InChI=1S/C12H11FIN3/c1-17(2)7-16-12-8-4-3-5-15-11(8)9(13)6-10(12)14/h3-7H,1-2H3/b16-7+. The van der Waals surface area contributed by atoms with Gasteiger partial charge in [0.15, 0.2) is 5.82 Å². The van der Waals surface area contributed by atoms with Crippen molar-refractivity contribution in [2.45, 2.75) is 0 Å². The van der Waals surface area contributed by atoms with Crippen LogP contribution in [-0.2, 0) is 0 Å². The third kappa shape index (κ3) is 2.54. The summed E-state index contributed by atoms with van der Waals surface area (Å²) in [5, 5.41) is 0.731. The highest BCUT2D eigenvalue weighted by Gasteiger charge is 2.10. The first kappa shape index (κ1) is 12.2. The summed E-state index contributed by atoms with van der Waals surface area (Å²) in [6.45, 7) is 0. The number of rotatable bonds is 2. The molecule has 0 saturated heterocycles. The fraction of sp³-hybridized carbons (Fsp3) is 0.167. The minimum absolute atomic E-state index is 0.311. The summed E-state index contributed by atoms with van der Waals surface area (Å²) < 4.78 is 14.5. The molecule has 0 bridgehead atoms. The first-order valence-corrected chi connectivity index (χ1v) is 6.11. The highest BCUT2D eigenvalue weighted by atomic mass is 127. The molecule has 0 fully saturated rings. The predicted molar refractivity (Wildman–Crippen MR) is 76.3 cm³/mol. The van der Waals surface area contributed by atoms with Crippen molar-refractivity contribution < 1.29 is 4.39 Å². The molecule has 0 unspecified atom stereocenters. The Morgan fingerprint density at radius 1 is 1.47 bits per heavy atom. The van der Waals surface area contributed by atoms with Gasteiger partial charge in [-0.2, -0.15) is 0 Å². The summed E-state index contributed by atoms with van der Waals surface area (Å²) >= 11 is 2.08. The third-order valence-electron chi connectivity index (χ3n) is 2.19. The van der Waals surface area contributed by atoms with E-state index < -0.39 is 0 Å². The zero-order chi connectivity index (χ0) is 12.4. The molecule has 1 aromatic heterocycles. The molecule has 0 saturated carbocycles. The number of benzene rings is 1. The van der Waals surface area contributed by atoms with Gasteiger partial charge in [0.2, 0.25) is 0 Å². The highest BCUT2D eigenvalue weighted by molar-refractivity contribution is 14.1. The van der Waals surface area contributed by atoms with E-state index >= 15 is 0 Å². The molecule has 0 atom stereocenters. The van der Waals surface area contributed by atoms with Crippen molar-refractivity contribution in [3.63, 3.8) is 0 Å². The Balaban J connectivity index is 2.69. The summed E-state index contributed by atoms with van der Waals surface area (Å²) in [6, 6.07) is 5.07. The summed E-state index contributed by atoms with van der Waals surface area (Å²) in [7, 11) is 3.78. The fourth-order valence-electron chi connectivity index (χ4n) is 1.47. The van der Waals surface area contributed by atoms with Gasteiger partial charge in [0.25, 0.3) is 0 Å². The molecule has 2 aromatic rings. The van der Waals surface area contributed by atoms with E-state index in [-0.39, 0.29) is 5.82 Å². The lowest BCUT2D eigenvalue weighted by Gasteiger charge is -2.07. The number of hydrogen-bond donors (Lipinski definition) is 0. The minimum Gasteiger partial charge on any atom is -0.369 e. The zero-order valence-electron chi connectivity index (χ0n) is 9.48. The van der Waals surface area contributed by atoms with Gasteiger partial charge in [0.05, 0.1) is 12.0 Å². The van der Waals surface area contributed by atoms with Crippen LogP contribution >= 0.6 is 22.6 Å². The maximum absolute atomic E-state index is 13.7. The normalized spacial score (nSPS) is 11.3. The Bertz CT molecular complexity index is 581. The molecular formula is C12H11FIN3. The van der Waals surface area contributed by atoms with Crippen LogP contribution in [0.25, 0.3) is 10.9 Å². The molecule has 3 nitrogen and oxygen atoms in total. The van der Waals surface area contributed by atoms with Crippen LogP contribution in [0.4, 0.5) is 10.1 Å². The molecule has 1 aromatic carbocycles. The van der Waals surface area contributed by atoms with Crippen molar-refractivity contribution in [3.05, 3.63) is 33.8 Å². The molecule has 0 radical (unpaired) electrons. The second-order valence-electron chi connectivity index (χ2n) is 3.80. The van der Waals surface area contributed by atoms with Crippen LogP contribution in [0.15, 0.2) is 29.4 Å². The summed E-state index contributed by atoms with van der Waals surface area (Å²) in [5.41, 5.74) is 1.11. The van der Waals surface area contributed by atoms with E-state index in [1.807, 2.05) is 25.1 Å². The molecule has 17 heavy (non-hydrogen) atoms. The Hall–Kier alpha value is -1.24. The molecule has 2 rings (SSSR count). The Kier molecular flexibility index (Phi) is 3.56. The average Bonchev–Trinajstić information content (AvgIpc) is 2.28. The van der Waals surface area contributed by atoms with Crippen molar-refractivity contribution in [2.75, 3.05) is 14.1 Å². The zero-order valence-corrected chi connectivity index (χ0v) is 11.6. The Labute approximate surface area is 113 Å². The van der Waals surface area contributed by atoms with Gasteiger partial charge in [0.1, 0.15) is 5.52 Å². The highest BCUT2D eigenvalue weighted by Crippen LogP contribution is 2.31. The van der Waals surface area contributed by atoms with Gasteiger partial charge in [-0.05, 0) is 40.8 Å². The van der Waals surface area contributed by atoms with Crippen LogP contribution in [-0.4, -0.2) is 30.3 Å². The first-order valence-electron chi connectivity index (χ1n) is 5.03. The maximum Gasteiger partial charge on any atom is 0.150 e. The molecule has 1 heterocycles. The second kappa shape index (κ2) is 4.95. The monoisotopic (exact) mass is 343 g/mol. The second-order valence-corrected chi connectivity index (χ2v) is 4.96. The number of aromatic nitrogens is 1. The number of fused-ring (bicyclic) bond motifs is 1. The first-order chi connectivity index (χ1) is 8.09. The molecule has 88 valence electrons. The molecule has 0 aliphatic rings. The molecule has 0 aliphatic carbocycles. The molecule has 0 amide bonds. The lowest BCUT2D eigenvalue weighted by Crippen LogP contribution is -2.07. The van der Waals surface area contributed by atoms with E-state index in [0.29, 0.717) is 5.52 Å². The van der Waals surface area contributed by atoms with Gasteiger partial charge in [-0.3, -0.25) is 4.98 Å². The van der Waals surface area contributed by atoms with Crippen molar-refractivity contribution in [1.29, 1.82) is 0 Å². The lowest BCUT2D eigenvalue weighted by atomic mass is 10.2. The van der Waals surface area contributed by atoms with Crippen LogP contribution in [0, 0.1) is 9.39 Å². The average molecular weight is 343 g/mol. The largest absolute Gasteiger partial charge is 0.369 e. The van der Waals surface area contributed by atoms with Gasteiger partial charge < -0.3 is 4.90 Å². The molecular weight excluding hydrogens is 332 g/mol. The molecule has 0 spiro atoms. The lowest BCUT2D eigenvalue weighted by molar-refractivity contribution is 0.635. The third-order valence-corrected chi connectivity index (χ3v) is 3.01. The number of halogens is 2. The van der Waals surface area contributed by atoms with Gasteiger partial charge in [-0.15, -0.1) is 0 Å². The van der Waals surface area contributed by atoms with Crippen LogP contribution in [0.2, 0.25) is 0 Å². The molecule has 0 aliphatic heterocycles. The summed E-state index contributed by atoms with van der Waals surface area (Å²) in [4.78, 5) is 10.2. The fourth-order valence-corrected chi connectivity index (χ4v) is 2.17. The Morgan fingerprint density at radius 2 is 2.24 bits per heavy atom. The molecule has 5 heteroatoms. The number of aliphatic imine (C=N–C) groups is 1. The van der Waals surface area contributed by atoms with Crippen LogP contribution in [0.3, 0.4) is 0 Å². The van der Waals surface area contributed by atoms with Crippen LogP contribution in [0.1, 0.15) is 0 Å². The van der Waals surface area contributed by atoms with Crippen molar-refractivity contribution in [2.24, 2.45) is 4.99 Å². The van der Waals surface area contributed by atoms with Gasteiger partial charge in [0, 0.05) is 29.2 Å². The minimum atomic E-state index is -0.311. The van der Waals surface area contributed by atoms with E-state index in [0.717, 1.165) is 14.6 Å². The number of hydrogen-bond acceptors (Lipinski definition) is 2. The van der Waals surface area contributed by atoms with E-state index in [1.165, 1.54) is 6.07 Å². The maximum atomic E-state index is 13.7. The van der Waals surface area contributed by atoms with Gasteiger partial charge in [-0.25, -0.2) is 9.38 Å². The van der Waals surface area contributed by atoms with Crippen molar-refractivity contribution in [3.8, 4) is 0 Å². The predicted octanol–water partition coefficient (Wildman–Crippen LogP) is 3.20. The van der Waals surface area contributed by atoms with E-state index in [1.54, 1.807) is 18.6 Å². The van der Waals surface area contributed by atoms with Crippen LogP contribution < -0.4 is 0 Å². The van der Waals surface area contributed by atoms with Gasteiger partial charge in [-0.1, -0.05) is 0 Å². The smallest absolute Gasteiger partial charge is 0.150 e. The van der Waals surface area contributed by atoms with E-state index in [2.05, 4.69) is 32.6 Å². The summed E-state index contributed by atoms with van der Waals surface area (Å²) in [6.07, 6.45) is 3.28. The number of pyridine rings is 1. The molecule has 0 N–H and O–H groups in total. The topological polar surface area (TPSA) is 28.5 Å². The van der Waals surface area contributed by atoms with Gasteiger partial charge >= 0.3 is 0 Å². The van der Waals surface area contributed by atoms with Crippen LogP contribution in [0.5, 0.6) is 0 Å². The van der Waals surface area contributed by atoms with E-state index in [4.69, 9.17) is 0 Å². The SMILES string of the molecule is CN(C)/C=N/c1c(I)cc(F)c2ncccc12. The van der Waals surface area contributed by atoms with E-state index in [9.17, 15) is 4.39 Å². The van der Waals surface area contributed by atoms with Crippen molar-refractivity contribution in [1.82, 2.24) is 9.88 Å². The van der Waals surface area contributed by atoms with Crippen molar-refractivity contribution >= 4 is 45.5 Å². The Morgan fingerprint density at radius 3 is 2.94 bits per heavy atom. The quantitative estimate of drug-likeness (QED) is 0.476.